The predicted octanol–water partition coefficient (Wildman–Crippen LogP) is 3.47. The molecule has 3 nitrogen and oxygen atoms in total. The van der Waals surface area contributed by atoms with Gasteiger partial charge >= 0.3 is 0 Å². The highest BCUT2D eigenvalue weighted by atomic mass is 79.9. The van der Waals surface area contributed by atoms with Crippen molar-refractivity contribution in [3.05, 3.63) is 20.7 Å². The molecule has 0 aliphatic rings. The van der Waals surface area contributed by atoms with E-state index in [0.29, 0.717) is 0 Å². The molecule has 1 aromatic rings. The lowest BCUT2D eigenvalue weighted by Gasteiger charge is -2.07. The van der Waals surface area contributed by atoms with E-state index in [2.05, 4.69) is 36.8 Å². The van der Waals surface area contributed by atoms with E-state index in [0.717, 1.165) is 6.20 Å². The van der Waals surface area contributed by atoms with E-state index in [4.69, 9.17) is 10.7 Å². The maximum atomic E-state index is 12.5. The summed E-state index contributed by atoms with van der Waals surface area (Å²) in [5, 5.41) is -0.623. The van der Waals surface area contributed by atoms with Crippen molar-refractivity contribution in [3.63, 3.8) is 0 Å². The minimum absolute atomic E-state index is 0.00782. The van der Waals surface area contributed by atoms with E-state index in [9.17, 15) is 17.2 Å². The first-order valence-electron chi connectivity index (χ1n) is 3.32. The average Bonchev–Trinajstić information content (AvgIpc) is 2.00. The lowest BCUT2D eigenvalue weighted by molar-refractivity contribution is 0.149. The van der Waals surface area contributed by atoms with Gasteiger partial charge in [-0.05, 0) is 31.9 Å². The molecule has 0 saturated carbocycles. The molecule has 0 aromatic carbocycles. The van der Waals surface area contributed by atoms with Gasteiger partial charge in [0, 0.05) is 21.4 Å². The maximum absolute atomic E-state index is 12.5. The predicted molar refractivity (Wildman–Crippen MR) is 57.6 cm³/mol. The number of rotatable bonds is 2. The van der Waals surface area contributed by atoms with Crippen molar-refractivity contribution < 1.29 is 17.2 Å². The van der Waals surface area contributed by atoms with Crippen LogP contribution in [-0.4, -0.2) is 13.4 Å². The van der Waals surface area contributed by atoms with Crippen LogP contribution >= 0.6 is 42.5 Å². The monoisotopic (exact) mass is 383 g/mol. The van der Waals surface area contributed by atoms with Gasteiger partial charge in [0.2, 0.25) is 0 Å². The molecule has 0 saturated heterocycles. The highest BCUT2D eigenvalue weighted by molar-refractivity contribution is 9.11. The van der Waals surface area contributed by atoms with E-state index in [1.807, 2.05) is 0 Å². The summed E-state index contributed by atoms with van der Waals surface area (Å²) in [5.41, 5.74) is -0.496. The molecule has 9 heteroatoms. The summed E-state index contributed by atoms with van der Waals surface area (Å²) in [7, 11) is 0.866. The lowest BCUT2D eigenvalue weighted by Crippen LogP contribution is -2.01. The van der Waals surface area contributed by atoms with Gasteiger partial charge in [0.1, 0.15) is 0 Å². The third-order valence-corrected chi connectivity index (χ3v) is 4.33. The van der Waals surface area contributed by atoms with E-state index < -0.39 is 26.1 Å². The zero-order valence-corrected chi connectivity index (χ0v) is 11.5. The normalized spacial score (nSPS) is 12.1. The Balaban J connectivity index is 3.56. The Morgan fingerprint density at radius 1 is 1.40 bits per heavy atom. The number of hydrogen-bond acceptors (Lipinski definition) is 3. The van der Waals surface area contributed by atoms with Crippen LogP contribution in [0.2, 0.25) is 0 Å². The minimum atomic E-state index is -4.15. The number of halogens is 5. The molecule has 15 heavy (non-hydrogen) atoms. The van der Waals surface area contributed by atoms with Crippen LogP contribution in [-0.2, 0) is 9.05 Å². The molecule has 0 radical (unpaired) electrons. The number of pyridine rings is 1. The molecule has 0 unspecified atom stereocenters. The SMILES string of the molecule is O=S(=O)(Cl)c1ncc(Br)c(C(F)F)c1Br. The summed E-state index contributed by atoms with van der Waals surface area (Å²) in [6.45, 7) is 0. The Kier molecular flexibility index (Phi) is 4.07. The fourth-order valence-electron chi connectivity index (χ4n) is 0.832. The van der Waals surface area contributed by atoms with Crippen LogP contribution < -0.4 is 0 Å². The van der Waals surface area contributed by atoms with Crippen molar-refractivity contribution in [2.75, 3.05) is 0 Å². The number of nitrogens with zero attached hydrogens (tertiary/aromatic N) is 1. The summed E-state index contributed by atoms with van der Waals surface area (Å²) in [6, 6.07) is 0. The second-order valence-corrected chi connectivity index (χ2v) is 6.51. The van der Waals surface area contributed by atoms with Crippen molar-refractivity contribution in [2.45, 2.75) is 11.5 Å². The first-order chi connectivity index (χ1) is 6.75. The molecule has 0 spiro atoms. The smallest absolute Gasteiger partial charge is 0.241 e. The van der Waals surface area contributed by atoms with E-state index >= 15 is 0 Å². The molecule has 0 amide bonds. The van der Waals surface area contributed by atoms with Gasteiger partial charge < -0.3 is 0 Å². The van der Waals surface area contributed by atoms with Crippen molar-refractivity contribution >= 4 is 51.6 Å². The summed E-state index contributed by atoms with van der Waals surface area (Å²) < 4.78 is 46.6. The van der Waals surface area contributed by atoms with Crippen LogP contribution in [0.15, 0.2) is 20.2 Å². The summed E-state index contributed by atoms with van der Waals surface area (Å²) in [4.78, 5) is 3.45. The van der Waals surface area contributed by atoms with Crippen molar-refractivity contribution in [1.29, 1.82) is 0 Å². The Bertz CT molecular complexity index is 494. The molecular weight excluding hydrogens is 383 g/mol. The summed E-state index contributed by atoms with van der Waals surface area (Å²) in [5.74, 6) is 0. The molecule has 0 bridgehead atoms. The first kappa shape index (κ1) is 13.3. The van der Waals surface area contributed by atoms with Crippen LogP contribution in [0.1, 0.15) is 12.0 Å². The molecule has 0 aliphatic carbocycles. The Labute approximate surface area is 106 Å². The van der Waals surface area contributed by atoms with Crippen LogP contribution in [0, 0.1) is 0 Å². The highest BCUT2D eigenvalue weighted by Crippen LogP contribution is 2.37. The zero-order valence-electron chi connectivity index (χ0n) is 6.72. The summed E-state index contributed by atoms with van der Waals surface area (Å²) in [6.07, 6.45) is -1.88. The minimum Gasteiger partial charge on any atom is -0.241 e. The van der Waals surface area contributed by atoms with Gasteiger partial charge in [0.25, 0.3) is 15.5 Å². The first-order valence-corrected chi connectivity index (χ1v) is 7.21. The second kappa shape index (κ2) is 4.60. The van der Waals surface area contributed by atoms with Gasteiger partial charge in [0.15, 0.2) is 5.03 Å². The Hall–Kier alpha value is 0.210. The van der Waals surface area contributed by atoms with Gasteiger partial charge in [-0.25, -0.2) is 22.2 Å². The van der Waals surface area contributed by atoms with Gasteiger partial charge in [-0.15, -0.1) is 0 Å². The number of hydrogen-bond donors (Lipinski definition) is 0. The van der Waals surface area contributed by atoms with Gasteiger partial charge in [-0.2, -0.15) is 0 Å². The van der Waals surface area contributed by atoms with E-state index in [1.165, 1.54) is 0 Å². The quantitative estimate of drug-likeness (QED) is 0.733. The van der Waals surface area contributed by atoms with Crippen LogP contribution in [0.25, 0.3) is 0 Å². The molecule has 0 atom stereocenters. The second-order valence-electron chi connectivity index (χ2n) is 2.38. The topological polar surface area (TPSA) is 47.0 Å². The third-order valence-electron chi connectivity index (χ3n) is 1.43. The largest absolute Gasteiger partial charge is 0.279 e. The van der Waals surface area contributed by atoms with E-state index in [-0.39, 0.29) is 8.95 Å². The molecule has 1 aromatic heterocycles. The highest BCUT2D eigenvalue weighted by Gasteiger charge is 2.25. The Morgan fingerprint density at radius 2 is 1.93 bits per heavy atom. The molecule has 1 heterocycles. The molecule has 0 N–H and O–H groups in total. The number of alkyl halides is 2. The van der Waals surface area contributed by atoms with Gasteiger partial charge in [-0.1, -0.05) is 0 Å². The molecule has 84 valence electrons. The van der Waals surface area contributed by atoms with Crippen molar-refractivity contribution in [2.24, 2.45) is 0 Å². The molecule has 1 rings (SSSR count). The maximum Gasteiger partial charge on any atom is 0.279 e. The number of aromatic nitrogens is 1. The van der Waals surface area contributed by atoms with Crippen LogP contribution in [0.4, 0.5) is 8.78 Å². The standard InChI is InChI=1S/C6H2Br2ClF2NO2S/c7-2-1-12-6(15(9,13)14)4(8)3(2)5(10)11/h1,5H. The van der Waals surface area contributed by atoms with E-state index in [1.54, 1.807) is 0 Å². The fraction of sp³-hybridized carbons (Fsp3) is 0.167. The van der Waals surface area contributed by atoms with Crippen molar-refractivity contribution in [1.82, 2.24) is 4.98 Å². The van der Waals surface area contributed by atoms with Gasteiger partial charge in [0.05, 0.1) is 10.0 Å². The zero-order chi connectivity index (χ0) is 11.8. The summed E-state index contributed by atoms with van der Waals surface area (Å²) >= 11 is 5.57. The lowest BCUT2D eigenvalue weighted by atomic mass is 10.3. The Morgan fingerprint density at radius 3 is 2.33 bits per heavy atom. The van der Waals surface area contributed by atoms with Crippen molar-refractivity contribution in [3.8, 4) is 0 Å². The molecule has 0 fully saturated rings. The molecular formula is C6H2Br2ClF2NO2S. The van der Waals surface area contributed by atoms with Gasteiger partial charge in [-0.3, -0.25) is 0 Å². The van der Waals surface area contributed by atoms with Crippen LogP contribution in [0.5, 0.6) is 0 Å². The third kappa shape index (κ3) is 2.86. The molecule has 0 aliphatic heterocycles. The van der Waals surface area contributed by atoms with Crippen LogP contribution in [0.3, 0.4) is 0 Å². The average molecular weight is 385 g/mol. The fourth-order valence-corrected chi connectivity index (χ4v) is 3.83.